The predicted molar refractivity (Wildman–Crippen MR) is 76.6 cm³/mol. The minimum atomic E-state index is 0.571. The van der Waals surface area contributed by atoms with E-state index >= 15 is 0 Å². The van der Waals surface area contributed by atoms with Crippen LogP contribution in [0, 0.1) is 0 Å². The Labute approximate surface area is 113 Å². The molecule has 1 heterocycles. The number of carbonyl (C=O) groups is 1. The first-order valence-corrected chi connectivity index (χ1v) is 6.86. The number of hydrogen-bond acceptors (Lipinski definition) is 1. The second-order valence-electron chi connectivity index (χ2n) is 4.53. The number of fused-ring (bicyclic) bond motifs is 1. The maximum absolute atomic E-state index is 11.2. The molecule has 2 aromatic rings. The molecule has 0 amide bonds. The first-order chi connectivity index (χ1) is 8.72. The molecule has 2 rings (SSSR count). The van der Waals surface area contributed by atoms with Crippen molar-refractivity contribution in [2.75, 3.05) is 0 Å². The summed E-state index contributed by atoms with van der Waals surface area (Å²) in [7, 11) is 0. The van der Waals surface area contributed by atoms with Crippen molar-refractivity contribution in [3.8, 4) is 0 Å². The van der Waals surface area contributed by atoms with E-state index in [9.17, 15) is 4.79 Å². The Kier molecular flexibility index (Phi) is 4.07. The minimum absolute atomic E-state index is 0.571. The van der Waals surface area contributed by atoms with Crippen molar-refractivity contribution >= 4 is 28.8 Å². The lowest BCUT2D eigenvalue weighted by atomic mass is 10.1. The van der Waals surface area contributed by atoms with Gasteiger partial charge < -0.3 is 4.57 Å². The van der Waals surface area contributed by atoms with Crippen LogP contribution in [0.3, 0.4) is 0 Å². The zero-order valence-electron chi connectivity index (χ0n) is 10.9. The number of halogens is 1. The van der Waals surface area contributed by atoms with E-state index < -0.39 is 0 Å². The topological polar surface area (TPSA) is 22.0 Å². The summed E-state index contributed by atoms with van der Waals surface area (Å²) in [5.41, 5.74) is 2.92. The highest BCUT2D eigenvalue weighted by molar-refractivity contribution is 6.34. The summed E-state index contributed by atoms with van der Waals surface area (Å²) in [6.45, 7) is 5.12. The molecule has 3 heteroatoms. The lowest BCUT2D eigenvalue weighted by Gasteiger charge is -2.06. The molecule has 96 valence electrons. The first-order valence-electron chi connectivity index (χ1n) is 6.48. The first kappa shape index (κ1) is 13.2. The fourth-order valence-electron chi connectivity index (χ4n) is 2.26. The summed E-state index contributed by atoms with van der Waals surface area (Å²) in [6.07, 6.45) is 4.01. The molecule has 0 radical (unpaired) electrons. The number of carbonyl (C=O) groups excluding carboxylic acids is 1. The lowest BCUT2D eigenvalue weighted by Crippen LogP contribution is -1.97. The van der Waals surface area contributed by atoms with Crippen LogP contribution >= 0.6 is 11.6 Å². The second-order valence-corrected chi connectivity index (χ2v) is 4.89. The van der Waals surface area contributed by atoms with Gasteiger partial charge in [0.05, 0.1) is 5.56 Å². The fraction of sp³-hybridized carbons (Fsp3) is 0.400. The molecule has 0 saturated carbocycles. The zero-order chi connectivity index (χ0) is 13.1. The van der Waals surface area contributed by atoms with Crippen LogP contribution in [0.25, 0.3) is 10.9 Å². The van der Waals surface area contributed by atoms with Crippen molar-refractivity contribution in [3.05, 3.63) is 34.5 Å². The zero-order valence-corrected chi connectivity index (χ0v) is 11.6. The SMILES string of the molecule is CCCCn1c(Cl)c(C=O)c2cc(CC)ccc21. The molecule has 0 N–H and O–H groups in total. The number of rotatable bonds is 5. The standard InChI is InChI=1S/C15H18ClNO/c1-3-5-8-17-14-7-6-11(4-2)9-12(14)13(10-18)15(17)16/h6-7,9-10H,3-5,8H2,1-2H3. The second kappa shape index (κ2) is 5.57. The van der Waals surface area contributed by atoms with E-state index in [1.54, 1.807) is 0 Å². The normalized spacial score (nSPS) is 11.1. The average Bonchev–Trinajstić information content (AvgIpc) is 2.66. The van der Waals surface area contributed by atoms with Crippen molar-refractivity contribution in [2.24, 2.45) is 0 Å². The van der Waals surface area contributed by atoms with Gasteiger partial charge >= 0.3 is 0 Å². The van der Waals surface area contributed by atoms with E-state index in [2.05, 4.69) is 32.0 Å². The molecular formula is C15H18ClNO. The Morgan fingerprint density at radius 3 is 2.72 bits per heavy atom. The minimum Gasteiger partial charge on any atom is -0.331 e. The number of aryl methyl sites for hydroxylation is 2. The van der Waals surface area contributed by atoms with E-state index in [4.69, 9.17) is 11.6 Å². The Balaban J connectivity index is 2.63. The Morgan fingerprint density at radius 1 is 1.33 bits per heavy atom. The summed E-state index contributed by atoms with van der Waals surface area (Å²) in [4.78, 5) is 11.2. The number of aromatic nitrogens is 1. The molecule has 18 heavy (non-hydrogen) atoms. The van der Waals surface area contributed by atoms with Crippen LogP contribution in [-0.2, 0) is 13.0 Å². The van der Waals surface area contributed by atoms with Crippen LogP contribution in [0.4, 0.5) is 0 Å². The molecule has 0 bridgehead atoms. The van der Waals surface area contributed by atoms with Crippen LogP contribution < -0.4 is 0 Å². The van der Waals surface area contributed by atoms with Gasteiger partial charge in [0.25, 0.3) is 0 Å². The Bertz CT molecular complexity index is 571. The van der Waals surface area contributed by atoms with E-state index in [1.165, 1.54) is 5.56 Å². The molecule has 2 nitrogen and oxygen atoms in total. The number of unbranched alkanes of at least 4 members (excludes halogenated alkanes) is 1. The summed E-state index contributed by atoms with van der Waals surface area (Å²) in [6, 6.07) is 6.26. The molecular weight excluding hydrogens is 246 g/mol. The van der Waals surface area contributed by atoms with Crippen LogP contribution in [0.5, 0.6) is 0 Å². The highest BCUT2D eigenvalue weighted by atomic mass is 35.5. The molecule has 0 aliphatic rings. The summed E-state index contributed by atoms with van der Waals surface area (Å²) in [5.74, 6) is 0. The van der Waals surface area contributed by atoms with Gasteiger partial charge in [-0.05, 0) is 30.5 Å². The number of hydrogen-bond donors (Lipinski definition) is 0. The third-order valence-corrected chi connectivity index (χ3v) is 3.77. The number of aldehydes is 1. The molecule has 0 aliphatic carbocycles. The Morgan fingerprint density at radius 2 is 2.11 bits per heavy atom. The van der Waals surface area contributed by atoms with Gasteiger partial charge in [-0.1, -0.05) is 37.9 Å². The van der Waals surface area contributed by atoms with Crippen molar-refractivity contribution in [3.63, 3.8) is 0 Å². The van der Waals surface area contributed by atoms with Gasteiger partial charge in [0.1, 0.15) is 5.15 Å². The molecule has 0 atom stereocenters. The van der Waals surface area contributed by atoms with Crippen LogP contribution in [0.15, 0.2) is 18.2 Å². The highest BCUT2D eigenvalue weighted by Crippen LogP contribution is 2.30. The van der Waals surface area contributed by atoms with Crippen LogP contribution in [0.1, 0.15) is 42.6 Å². The van der Waals surface area contributed by atoms with Gasteiger partial charge in [0, 0.05) is 17.4 Å². The van der Waals surface area contributed by atoms with Gasteiger partial charge in [-0.15, -0.1) is 0 Å². The van der Waals surface area contributed by atoms with Crippen LogP contribution in [0.2, 0.25) is 5.15 Å². The molecule has 0 spiro atoms. The molecule has 1 aromatic heterocycles. The third kappa shape index (κ3) is 2.17. The molecule has 0 unspecified atom stereocenters. The largest absolute Gasteiger partial charge is 0.331 e. The van der Waals surface area contributed by atoms with E-state index in [1.807, 2.05) is 4.57 Å². The van der Waals surface area contributed by atoms with Crippen LogP contribution in [-0.4, -0.2) is 10.9 Å². The predicted octanol–water partition coefficient (Wildman–Crippen LogP) is 4.47. The lowest BCUT2D eigenvalue weighted by molar-refractivity contribution is 0.112. The smallest absolute Gasteiger partial charge is 0.153 e. The quantitative estimate of drug-likeness (QED) is 0.730. The monoisotopic (exact) mass is 263 g/mol. The summed E-state index contributed by atoms with van der Waals surface area (Å²) < 4.78 is 2.05. The van der Waals surface area contributed by atoms with E-state index in [0.717, 1.165) is 43.0 Å². The number of nitrogens with zero attached hydrogens (tertiary/aromatic N) is 1. The Hall–Kier alpha value is -1.28. The van der Waals surface area contributed by atoms with E-state index in [-0.39, 0.29) is 0 Å². The fourth-order valence-corrected chi connectivity index (χ4v) is 2.59. The van der Waals surface area contributed by atoms with E-state index in [0.29, 0.717) is 10.7 Å². The average molecular weight is 264 g/mol. The van der Waals surface area contributed by atoms with Gasteiger partial charge in [0.2, 0.25) is 0 Å². The van der Waals surface area contributed by atoms with Crippen molar-refractivity contribution in [2.45, 2.75) is 39.7 Å². The van der Waals surface area contributed by atoms with Gasteiger partial charge in [-0.2, -0.15) is 0 Å². The van der Waals surface area contributed by atoms with Crippen molar-refractivity contribution in [1.29, 1.82) is 0 Å². The van der Waals surface area contributed by atoms with Gasteiger partial charge in [0.15, 0.2) is 6.29 Å². The molecule has 0 aliphatic heterocycles. The molecule has 0 saturated heterocycles. The third-order valence-electron chi connectivity index (χ3n) is 3.36. The maximum Gasteiger partial charge on any atom is 0.153 e. The van der Waals surface area contributed by atoms with Gasteiger partial charge in [-0.25, -0.2) is 0 Å². The van der Waals surface area contributed by atoms with Gasteiger partial charge in [-0.3, -0.25) is 4.79 Å². The van der Waals surface area contributed by atoms with Crippen molar-refractivity contribution < 1.29 is 4.79 Å². The summed E-state index contributed by atoms with van der Waals surface area (Å²) in [5, 5.41) is 1.55. The highest BCUT2D eigenvalue weighted by Gasteiger charge is 2.14. The molecule has 0 fully saturated rings. The van der Waals surface area contributed by atoms with Crippen molar-refractivity contribution in [1.82, 2.24) is 4.57 Å². The maximum atomic E-state index is 11.2. The summed E-state index contributed by atoms with van der Waals surface area (Å²) >= 11 is 6.32. The number of benzene rings is 1. The molecule has 1 aromatic carbocycles.